The predicted octanol–water partition coefficient (Wildman–Crippen LogP) is 21.9. The van der Waals surface area contributed by atoms with Crippen molar-refractivity contribution >= 4 is 137 Å². The van der Waals surface area contributed by atoms with Crippen molar-refractivity contribution in [2.45, 2.75) is 91.7 Å². The van der Waals surface area contributed by atoms with Crippen LogP contribution in [0.1, 0.15) is 52.7 Å². The van der Waals surface area contributed by atoms with Gasteiger partial charge in [-0.05, 0) is 106 Å². The average Bonchev–Trinajstić information content (AvgIpc) is 1.56. The first kappa shape index (κ1) is 53.8. The summed E-state index contributed by atoms with van der Waals surface area (Å²) >= 11 is 0. The molecule has 422 valence electrons. The minimum atomic E-state index is -1.77. The van der Waals surface area contributed by atoms with Crippen LogP contribution in [0.4, 0.5) is 34.1 Å². The third-order valence-corrected chi connectivity index (χ3v) is 22.7. The summed E-state index contributed by atoms with van der Waals surface area (Å²) in [5.74, 6) is 0. The Kier molecular flexibility index (Phi) is 12.1. The number of rotatable bonds is 10. The smallest absolute Gasteiger partial charge is 0.0776 e. The van der Waals surface area contributed by atoms with Crippen molar-refractivity contribution in [2.24, 2.45) is 0 Å². The topological polar surface area (TPSA) is 15.3 Å². The van der Waals surface area contributed by atoms with Crippen molar-refractivity contribution in [3.8, 4) is 22.3 Å². The van der Waals surface area contributed by atoms with Gasteiger partial charge < -0.3 is 18.6 Å². The lowest BCUT2D eigenvalue weighted by atomic mass is 9.87. The van der Waals surface area contributed by atoms with Crippen LogP contribution in [-0.4, -0.2) is 24.9 Å². The first-order valence-corrected chi connectivity index (χ1v) is 37.8. The Balaban J connectivity index is 1.01. The molecule has 11 aromatic carbocycles. The summed E-state index contributed by atoms with van der Waals surface area (Å²) in [6.07, 6.45) is 0. The van der Waals surface area contributed by atoms with E-state index in [1.807, 2.05) is 0 Å². The van der Waals surface area contributed by atoms with Crippen LogP contribution in [0.5, 0.6) is 0 Å². The lowest BCUT2D eigenvalue weighted by molar-refractivity contribution is 0.590. The van der Waals surface area contributed by atoms with Crippen LogP contribution >= 0.6 is 0 Å². The molecule has 0 atom stereocenters. The fourth-order valence-corrected chi connectivity index (χ4v) is 16.3. The van der Waals surface area contributed by atoms with E-state index in [9.17, 15) is 0 Å². The lowest BCUT2D eigenvalue weighted by Crippen LogP contribution is -2.37. The Morgan fingerprint density at radius 1 is 0.302 bits per heavy atom. The number of hydrogen-bond donors (Lipinski definition) is 0. The van der Waals surface area contributed by atoms with Crippen LogP contribution in [-0.2, 0) is 10.8 Å². The maximum absolute atomic E-state index is 2.59. The van der Waals surface area contributed by atoms with Crippen LogP contribution in [0, 0.1) is 0 Å². The van der Waals surface area contributed by atoms with E-state index in [0.717, 1.165) is 11.4 Å². The quantitative estimate of drug-likeness (QED) is 0.127. The molecule has 0 fully saturated rings. The van der Waals surface area contributed by atoms with Gasteiger partial charge in [0, 0.05) is 65.6 Å². The first-order chi connectivity index (χ1) is 41.2. The largest absolute Gasteiger partial charge is 0.309 e. The molecule has 0 spiro atoms. The number of aromatic nitrogens is 2. The van der Waals surface area contributed by atoms with Gasteiger partial charge in [0.05, 0.1) is 72.0 Å². The fraction of sp³-hybridized carbons (Fsp3) is 0.175. The summed E-state index contributed by atoms with van der Waals surface area (Å²) in [4.78, 5) is 5.17. The molecule has 0 aliphatic rings. The zero-order valence-electron chi connectivity index (χ0n) is 51.7. The molecule has 4 aromatic heterocycles. The van der Waals surface area contributed by atoms with E-state index in [4.69, 9.17) is 0 Å². The highest BCUT2D eigenvalue weighted by atomic mass is 28.3. The summed E-state index contributed by atoms with van der Waals surface area (Å²) < 4.78 is 5.18. The van der Waals surface area contributed by atoms with Crippen molar-refractivity contribution in [3.05, 3.63) is 242 Å². The number of fused-ring (bicyclic) bond motifs is 12. The Morgan fingerprint density at radius 3 is 1.02 bits per heavy atom. The predicted molar refractivity (Wildman–Crippen MR) is 379 cm³/mol. The third-order valence-electron chi connectivity index (χ3n) is 18.6. The van der Waals surface area contributed by atoms with Crippen molar-refractivity contribution in [1.29, 1.82) is 0 Å². The molecule has 4 nitrogen and oxygen atoms in total. The molecule has 15 rings (SSSR count). The Morgan fingerprint density at radius 2 is 0.663 bits per heavy atom. The van der Waals surface area contributed by atoms with E-state index in [1.165, 1.54) is 143 Å². The number of hydrogen-bond acceptors (Lipinski definition) is 2. The zero-order chi connectivity index (χ0) is 59.3. The van der Waals surface area contributed by atoms with E-state index >= 15 is 0 Å². The number of anilines is 6. The number of para-hydroxylation sites is 2. The van der Waals surface area contributed by atoms with Gasteiger partial charge in [-0.3, -0.25) is 0 Å². The standard InChI is InChI=1S/C80H74N4Si2/c1-79(2,3)53-31-35-55(36-32-53)81(71-47-57(85(7,8)9)39-41-59(71)51-23-15-13-16-24-51)69-45-43-61-65-49-74-66(50-73(65)83-67-29-21-19-27-63(67)75(69)77(61)83)62-44-46-70(76-64-28-20-22-30-68(64)84(74)78(62)76)82(56-37-33-54(34-38-56)80(4,5)6)72-48-58(86(10,11)12)40-42-60(72)52-25-17-14-18-26-52/h13-50H,1-12H3. The summed E-state index contributed by atoms with van der Waals surface area (Å²) in [6.45, 7) is 28.6. The third kappa shape index (κ3) is 8.42. The summed E-state index contributed by atoms with van der Waals surface area (Å²) in [7, 11) is -3.55. The molecule has 0 bridgehead atoms. The molecule has 0 aliphatic heterocycles. The normalized spacial score (nSPS) is 12.9. The summed E-state index contributed by atoms with van der Waals surface area (Å²) in [5.41, 5.74) is 21.9. The van der Waals surface area contributed by atoms with Crippen LogP contribution in [0.3, 0.4) is 0 Å². The Bertz CT molecular complexity index is 4800. The van der Waals surface area contributed by atoms with Crippen molar-refractivity contribution in [3.63, 3.8) is 0 Å². The summed E-state index contributed by atoms with van der Waals surface area (Å²) in [6, 6.07) is 88.4. The van der Waals surface area contributed by atoms with E-state index in [2.05, 4.69) is 330 Å². The fourth-order valence-electron chi connectivity index (χ4n) is 14.0. The van der Waals surface area contributed by atoms with E-state index in [-0.39, 0.29) is 10.8 Å². The molecule has 86 heavy (non-hydrogen) atoms. The van der Waals surface area contributed by atoms with Crippen molar-refractivity contribution in [1.82, 2.24) is 8.80 Å². The molecule has 0 aliphatic carbocycles. The van der Waals surface area contributed by atoms with Gasteiger partial charge in [-0.15, -0.1) is 0 Å². The highest BCUT2D eigenvalue weighted by molar-refractivity contribution is 6.89. The highest BCUT2D eigenvalue weighted by Gasteiger charge is 2.32. The molecule has 0 N–H and O–H groups in total. The second-order valence-corrected chi connectivity index (χ2v) is 38.4. The second-order valence-electron chi connectivity index (χ2n) is 28.3. The molecule has 4 heterocycles. The van der Waals surface area contributed by atoms with Gasteiger partial charge in [-0.2, -0.15) is 0 Å². The Hall–Kier alpha value is -8.95. The molecular weight excluding hydrogens is 1070 g/mol. The minimum Gasteiger partial charge on any atom is -0.309 e. The van der Waals surface area contributed by atoms with Crippen LogP contribution in [0.15, 0.2) is 231 Å². The van der Waals surface area contributed by atoms with E-state index in [0.29, 0.717) is 0 Å². The van der Waals surface area contributed by atoms with Gasteiger partial charge in [-0.1, -0.05) is 249 Å². The van der Waals surface area contributed by atoms with Crippen LogP contribution < -0.4 is 20.2 Å². The molecule has 0 unspecified atom stereocenters. The Labute approximate surface area is 507 Å². The van der Waals surface area contributed by atoms with Gasteiger partial charge >= 0.3 is 0 Å². The first-order valence-electron chi connectivity index (χ1n) is 30.8. The van der Waals surface area contributed by atoms with Crippen molar-refractivity contribution in [2.75, 3.05) is 9.80 Å². The maximum atomic E-state index is 2.59. The lowest BCUT2D eigenvalue weighted by Gasteiger charge is -2.31. The maximum Gasteiger partial charge on any atom is 0.0776 e. The minimum absolute atomic E-state index is 0.0105. The molecule has 0 amide bonds. The monoisotopic (exact) mass is 1150 g/mol. The number of nitrogens with zero attached hydrogens (tertiary/aromatic N) is 4. The molecule has 0 radical (unpaired) electrons. The average molecular weight is 1150 g/mol. The van der Waals surface area contributed by atoms with Gasteiger partial charge in [0.1, 0.15) is 0 Å². The number of benzene rings is 11. The van der Waals surface area contributed by atoms with Crippen LogP contribution in [0.2, 0.25) is 39.3 Å². The molecule has 0 saturated carbocycles. The van der Waals surface area contributed by atoms with Gasteiger partial charge in [-0.25, -0.2) is 0 Å². The van der Waals surface area contributed by atoms with Crippen molar-refractivity contribution < 1.29 is 0 Å². The van der Waals surface area contributed by atoms with E-state index < -0.39 is 16.1 Å². The summed E-state index contributed by atoms with van der Waals surface area (Å²) in [5, 5.41) is 12.9. The SMILES string of the molecule is CC(C)(C)c1ccc(N(c2cc([Si](C)(C)C)ccc2-c2ccccc2)c2ccc3c4cc5c(cc4n4c6ccccc6c2c34)c2ccc(N(c3ccc(C(C)(C)C)cc3)c3cc([Si](C)(C)C)ccc3-c3ccccc3)c3c4ccccc4n5c23)cc1. The van der Waals surface area contributed by atoms with Gasteiger partial charge in [0.25, 0.3) is 0 Å². The molecule has 15 aromatic rings. The molecular formula is C80H74N4Si2. The zero-order valence-corrected chi connectivity index (χ0v) is 53.7. The molecule has 0 saturated heterocycles. The van der Waals surface area contributed by atoms with Crippen LogP contribution in [0.25, 0.3) is 98.4 Å². The van der Waals surface area contributed by atoms with E-state index in [1.54, 1.807) is 0 Å². The highest BCUT2D eigenvalue weighted by Crippen LogP contribution is 2.53. The second kappa shape index (κ2) is 19.3. The molecule has 6 heteroatoms. The van der Waals surface area contributed by atoms with Gasteiger partial charge in [0.2, 0.25) is 0 Å². The van der Waals surface area contributed by atoms with Gasteiger partial charge in [0.15, 0.2) is 0 Å².